The summed E-state index contributed by atoms with van der Waals surface area (Å²) >= 11 is 3.24. The molecule has 0 atom stereocenters. The van der Waals surface area contributed by atoms with E-state index >= 15 is 0 Å². The van der Waals surface area contributed by atoms with Crippen LogP contribution in [0.2, 0.25) is 0 Å². The van der Waals surface area contributed by atoms with E-state index in [1.165, 1.54) is 0 Å². The average molecular weight is 291 g/mol. The molecule has 16 heavy (non-hydrogen) atoms. The van der Waals surface area contributed by atoms with Gasteiger partial charge in [-0.05, 0) is 12.1 Å². The number of hydrogen-bond donors (Lipinski definition) is 1. The van der Waals surface area contributed by atoms with E-state index in [4.69, 9.17) is 0 Å². The number of rotatable bonds is 1. The summed E-state index contributed by atoms with van der Waals surface area (Å²) in [4.78, 5) is 5.94. The number of aromatic nitrogens is 2. The topological polar surface area (TPSA) is 28.7 Å². The third-order valence-corrected chi connectivity index (χ3v) is 2.47. The zero-order chi connectivity index (χ0) is 11.8. The molecule has 0 saturated carbocycles. The predicted octanol–water partition coefficient (Wildman–Crippen LogP) is 3.86. The van der Waals surface area contributed by atoms with Crippen molar-refractivity contribution in [2.45, 2.75) is 6.18 Å². The number of hydrogen-bond acceptors (Lipinski definition) is 1. The summed E-state index contributed by atoms with van der Waals surface area (Å²) in [6.45, 7) is 0. The maximum Gasteiger partial charge on any atom is 0.432 e. The van der Waals surface area contributed by atoms with Gasteiger partial charge in [-0.3, -0.25) is 0 Å². The molecule has 1 heterocycles. The molecule has 0 aliphatic rings. The summed E-state index contributed by atoms with van der Waals surface area (Å²) in [6.07, 6.45) is -3.60. The minimum Gasteiger partial charge on any atom is -0.334 e. The predicted molar refractivity (Wildman–Crippen MR) is 56.7 cm³/mol. The zero-order valence-corrected chi connectivity index (χ0v) is 9.43. The summed E-state index contributed by atoms with van der Waals surface area (Å²) in [5.74, 6) is 0.202. The number of H-pyrrole nitrogens is 1. The Balaban J connectivity index is 2.39. The van der Waals surface area contributed by atoms with Crippen molar-refractivity contribution in [2.75, 3.05) is 0 Å². The molecule has 2 nitrogen and oxygen atoms in total. The lowest BCUT2D eigenvalue weighted by molar-refractivity contribution is -0.140. The molecule has 0 aliphatic carbocycles. The molecule has 2 rings (SSSR count). The summed E-state index contributed by atoms with van der Waals surface area (Å²) in [7, 11) is 0. The van der Waals surface area contributed by atoms with Crippen LogP contribution in [0, 0.1) is 0 Å². The standard InChI is InChI=1S/C10H6BrF3N2/c11-7-3-1-2-6(4-7)9-15-5-8(16-9)10(12,13)14/h1-5H,(H,15,16). The Morgan fingerprint density at radius 1 is 1.25 bits per heavy atom. The fourth-order valence-electron chi connectivity index (χ4n) is 1.25. The minimum atomic E-state index is -4.39. The average Bonchev–Trinajstić information content (AvgIpc) is 2.65. The van der Waals surface area contributed by atoms with Crippen molar-refractivity contribution in [3.05, 3.63) is 40.6 Å². The van der Waals surface area contributed by atoms with Crippen molar-refractivity contribution in [3.63, 3.8) is 0 Å². The number of alkyl halides is 3. The molecule has 0 amide bonds. The van der Waals surface area contributed by atoms with Gasteiger partial charge in [0.05, 0.1) is 6.20 Å². The van der Waals surface area contributed by atoms with Crippen molar-refractivity contribution < 1.29 is 13.2 Å². The van der Waals surface area contributed by atoms with Gasteiger partial charge in [-0.15, -0.1) is 0 Å². The van der Waals surface area contributed by atoms with Crippen LogP contribution < -0.4 is 0 Å². The molecular weight excluding hydrogens is 285 g/mol. The second-order valence-corrected chi connectivity index (χ2v) is 4.07. The molecule has 1 N–H and O–H groups in total. The number of nitrogens with zero attached hydrogens (tertiary/aromatic N) is 1. The van der Waals surface area contributed by atoms with Crippen molar-refractivity contribution in [1.82, 2.24) is 9.97 Å². The SMILES string of the molecule is FC(F)(F)c1cnc(-c2cccc(Br)c2)[nH]1. The lowest BCUT2D eigenvalue weighted by Crippen LogP contribution is -2.04. The van der Waals surface area contributed by atoms with E-state index in [0.29, 0.717) is 5.56 Å². The maximum absolute atomic E-state index is 12.3. The van der Waals surface area contributed by atoms with Crippen LogP contribution >= 0.6 is 15.9 Å². The van der Waals surface area contributed by atoms with Gasteiger partial charge in [0.25, 0.3) is 0 Å². The largest absolute Gasteiger partial charge is 0.432 e. The van der Waals surface area contributed by atoms with Crippen LogP contribution in [0.3, 0.4) is 0 Å². The van der Waals surface area contributed by atoms with Gasteiger partial charge in [0.1, 0.15) is 11.5 Å². The highest BCUT2D eigenvalue weighted by molar-refractivity contribution is 9.10. The number of halogens is 4. The van der Waals surface area contributed by atoms with E-state index in [1.54, 1.807) is 24.3 Å². The van der Waals surface area contributed by atoms with Crippen LogP contribution in [0.15, 0.2) is 34.9 Å². The molecule has 0 fully saturated rings. The van der Waals surface area contributed by atoms with Gasteiger partial charge in [-0.1, -0.05) is 28.1 Å². The second kappa shape index (κ2) is 3.93. The Morgan fingerprint density at radius 2 is 2.00 bits per heavy atom. The third-order valence-electron chi connectivity index (χ3n) is 1.98. The van der Waals surface area contributed by atoms with Gasteiger partial charge in [0, 0.05) is 10.0 Å². The normalized spacial score (nSPS) is 11.8. The highest BCUT2D eigenvalue weighted by Gasteiger charge is 2.33. The van der Waals surface area contributed by atoms with Crippen LogP contribution in [0.4, 0.5) is 13.2 Å². The molecule has 0 unspecified atom stereocenters. The van der Waals surface area contributed by atoms with Gasteiger partial charge in [0.15, 0.2) is 0 Å². The van der Waals surface area contributed by atoms with Gasteiger partial charge in [-0.25, -0.2) is 4.98 Å². The quantitative estimate of drug-likeness (QED) is 0.849. The second-order valence-electron chi connectivity index (χ2n) is 3.15. The molecule has 0 bridgehead atoms. The molecule has 1 aromatic carbocycles. The van der Waals surface area contributed by atoms with Crippen molar-refractivity contribution in [2.24, 2.45) is 0 Å². The Labute approximate surface area is 97.6 Å². The van der Waals surface area contributed by atoms with Gasteiger partial charge in [0.2, 0.25) is 0 Å². The maximum atomic E-state index is 12.3. The number of imidazole rings is 1. The van der Waals surface area contributed by atoms with E-state index in [0.717, 1.165) is 10.7 Å². The van der Waals surface area contributed by atoms with Crippen LogP contribution in [-0.4, -0.2) is 9.97 Å². The monoisotopic (exact) mass is 290 g/mol. The van der Waals surface area contributed by atoms with Crippen LogP contribution in [0.5, 0.6) is 0 Å². The summed E-state index contributed by atoms with van der Waals surface area (Å²) in [5.41, 5.74) is -0.243. The Morgan fingerprint density at radius 3 is 2.56 bits per heavy atom. The molecular formula is C10H6BrF3N2. The summed E-state index contributed by atoms with van der Waals surface area (Å²) < 4.78 is 37.7. The molecule has 6 heteroatoms. The first-order chi connectivity index (χ1) is 7.47. The van der Waals surface area contributed by atoms with Gasteiger partial charge >= 0.3 is 6.18 Å². The highest BCUT2D eigenvalue weighted by atomic mass is 79.9. The Kier molecular flexibility index (Phi) is 2.75. The van der Waals surface area contributed by atoms with E-state index in [2.05, 4.69) is 25.9 Å². The summed E-state index contributed by atoms with van der Waals surface area (Å²) in [5, 5.41) is 0. The molecule has 0 radical (unpaired) electrons. The molecule has 0 aliphatic heterocycles. The van der Waals surface area contributed by atoms with Crippen LogP contribution in [0.25, 0.3) is 11.4 Å². The first-order valence-corrected chi connectivity index (χ1v) is 5.14. The Hall–Kier alpha value is -1.30. The first kappa shape index (κ1) is 11.2. The molecule has 1 aromatic heterocycles. The highest BCUT2D eigenvalue weighted by Crippen LogP contribution is 2.29. The smallest absolute Gasteiger partial charge is 0.334 e. The van der Waals surface area contributed by atoms with Crippen LogP contribution in [0.1, 0.15) is 5.69 Å². The van der Waals surface area contributed by atoms with Crippen molar-refractivity contribution >= 4 is 15.9 Å². The lowest BCUT2D eigenvalue weighted by Gasteiger charge is -2.01. The van der Waals surface area contributed by atoms with E-state index in [9.17, 15) is 13.2 Å². The van der Waals surface area contributed by atoms with Crippen molar-refractivity contribution in [1.29, 1.82) is 0 Å². The minimum absolute atomic E-state index is 0.202. The lowest BCUT2D eigenvalue weighted by atomic mass is 10.2. The number of aromatic amines is 1. The fourth-order valence-corrected chi connectivity index (χ4v) is 1.65. The first-order valence-electron chi connectivity index (χ1n) is 4.35. The molecule has 84 valence electrons. The summed E-state index contributed by atoms with van der Waals surface area (Å²) in [6, 6.07) is 6.90. The molecule has 0 spiro atoms. The van der Waals surface area contributed by atoms with Crippen LogP contribution in [-0.2, 0) is 6.18 Å². The van der Waals surface area contributed by atoms with Crippen molar-refractivity contribution in [3.8, 4) is 11.4 Å². The van der Waals surface area contributed by atoms with E-state index in [1.807, 2.05) is 0 Å². The Bertz CT molecular complexity index is 505. The number of nitrogens with one attached hydrogen (secondary N) is 1. The molecule has 0 saturated heterocycles. The molecule has 2 aromatic rings. The third kappa shape index (κ3) is 2.27. The van der Waals surface area contributed by atoms with Gasteiger partial charge < -0.3 is 4.98 Å². The zero-order valence-electron chi connectivity index (χ0n) is 7.85. The van der Waals surface area contributed by atoms with Gasteiger partial charge in [-0.2, -0.15) is 13.2 Å². The number of benzene rings is 1. The van der Waals surface area contributed by atoms with E-state index in [-0.39, 0.29) is 5.82 Å². The fraction of sp³-hybridized carbons (Fsp3) is 0.100. The van der Waals surface area contributed by atoms with E-state index < -0.39 is 11.9 Å².